The molecule has 2 aliphatic rings. The lowest BCUT2D eigenvalue weighted by Crippen LogP contribution is -2.26. The first-order chi connectivity index (χ1) is 13.0. The van der Waals surface area contributed by atoms with Crippen LogP contribution in [0.15, 0.2) is 42.5 Å². The second kappa shape index (κ2) is 7.01. The van der Waals surface area contributed by atoms with E-state index in [9.17, 15) is 4.79 Å². The summed E-state index contributed by atoms with van der Waals surface area (Å²) in [6, 6.07) is 14.8. The number of anilines is 1. The van der Waals surface area contributed by atoms with Crippen LogP contribution in [0.25, 0.3) is 0 Å². The predicted molar refractivity (Wildman–Crippen MR) is 110 cm³/mol. The molecule has 0 spiro atoms. The number of nitrogens with two attached hydrogens (primary N) is 1. The van der Waals surface area contributed by atoms with Crippen molar-refractivity contribution < 1.29 is 4.79 Å². The Bertz CT molecular complexity index is 837. The van der Waals surface area contributed by atoms with Crippen molar-refractivity contribution in [3.63, 3.8) is 0 Å². The van der Waals surface area contributed by atoms with Crippen LogP contribution in [0.3, 0.4) is 0 Å². The molecule has 0 bridgehead atoms. The molecule has 2 N–H and O–H groups in total. The zero-order chi connectivity index (χ0) is 19.0. The van der Waals surface area contributed by atoms with Crippen LogP contribution in [0.4, 0.5) is 5.69 Å². The molecular formula is C23H29N3O. The second-order valence-corrected chi connectivity index (χ2v) is 8.39. The number of amides is 1. The molecule has 2 aromatic carbocycles. The molecule has 1 amide bonds. The molecule has 2 aromatic rings. The summed E-state index contributed by atoms with van der Waals surface area (Å²) in [5.41, 5.74) is 11.5. The highest BCUT2D eigenvalue weighted by Gasteiger charge is 2.43. The van der Waals surface area contributed by atoms with Crippen LogP contribution >= 0.6 is 0 Å². The number of nitrogen functional groups attached to an aromatic ring is 1. The molecule has 0 saturated heterocycles. The van der Waals surface area contributed by atoms with Crippen molar-refractivity contribution in [3.05, 3.63) is 64.7 Å². The van der Waals surface area contributed by atoms with Gasteiger partial charge in [0.1, 0.15) is 0 Å². The minimum absolute atomic E-state index is 0.0698. The third-order valence-corrected chi connectivity index (χ3v) is 6.17. The number of benzene rings is 2. The average molecular weight is 364 g/mol. The maximum absolute atomic E-state index is 12.6. The number of rotatable bonds is 7. The van der Waals surface area contributed by atoms with E-state index >= 15 is 0 Å². The predicted octanol–water partition coefficient (Wildman–Crippen LogP) is 3.45. The highest BCUT2D eigenvalue weighted by Crippen LogP contribution is 2.51. The van der Waals surface area contributed by atoms with Crippen LogP contribution in [0.5, 0.6) is 0 Å². The zero-order valence-corrected chi connectivity index (χ0v) is 16.4. The summed E-state index contributed by atoms with van der Waals surface area (Å²) >= 11 is 0. The monoisotopic (exact) mass is 363 g/mol. The topological polar surface area (TPSA) is 49.6 Å². The summed E-state index contributed by atoms with van der Waals surface area (Å²) in [5, 5.41) is 0. The number of hydrogen-bond acceptors (Lipinski definition) is 3. The average Bonchev–Trinajstić information content (AvgIpc) is 3.38. The first-order valence-corrected chi connectivity index (χ1v) is 9.89. The summed E-state index contributed by atoms with van der Waals surface area (Å²) in [6.45, 7) is 2.55. The molecule has 27 heavy (non-hydrogen) atoms. The number of carbonyl (C=O) groups is 1. The van der Waals surface area contributed by atoms with Gasteiger partial charge < -0.3 is 15.5 Å². The summed E-state index contributed by atoms with van der Waals surface area (Å²) in [6.07, 6.45) is 4.73. The molecule has 0 unspecified atom stereocenters. The number of fused-ring (bicyclic) bond motifs is 1. The van der Waals surface area contributed by atoms with Crippen LogP contribution in [-0.4, -0.2) is 42.9 Å². The smallest absolute Gasteiger partial charge is 0.256 e. The lowest BCUT2D eigenvalue weighted by Gasteiger charge is -2.19. The van der Waals surface area contributed by atoms with Gasteiger partial charge in [0.05, 0.1) is 5.56 Å². The van der Waals surface area contributed by atoms with Crippen LogP contribution in [0.1, 0.15) is 46.3 Å². The Morgan fingerprint density at radius 1 is 1.11 bits per heavy atom. The maximum Gasteiger partial charge on any atom is 0.256 e. The van der Waals surface area contributed by atoms with E-state index in [2.05, 4.69) is 43.3 Å². The Hall–Kier alpha value is -2.33. The molecule has 1 fully saturated rings. The fourth-order valence-corrected chi connectivity index (χ4v) is 4.19. The van der Waals surface area contributed by atoms with Gasteiger partial charge in [0, 0.05) is 18.8 Å². The van der Waals surface area contributed by atoms with Crippen molar-refractivity contribution in [2.45, 2.75) is 37.6 Å². The Morgan fingerprint density at radius 3 is 2.48 bits per heavy atom. The highest BCUT2D eigenvalue weighted by molar-refractivity contribution is 6.03. The van der Waals surface area contributed by atoms with Gasteiger partial charge in [-0.05, 0) is 74.5 Å². The van der Waals surface area contributed by atoms with Gasteiger partial charge in [-0.1, -0.05) is 36.4 Å². The lowest BCUT2D eigenvalue weighted by molar-refractivity contribution is 0.0781. The summed E-state index contributed by atoms with van der Waals surface area (Å²) < 4.78 is 0. The number of hydrogen-bond donors (Lipinski definition) is 1. The van der Waals surface area contributed by atoms with Gasteiger partial charge in [-0.15, -0.1) is 0 Å². The zero-order valence-electron chi connectivity index (χ0n) is 16.4. The van der Waals surface area contributed by atoms with Crippen LogP contribution in [0.2, 0.25) is 0 Å². The van der Waals surface area contributed by atoms with Gasteiger partial charge in [0.15, 0.2) is 0 Å². The van der Waals surface area contributed by atoms with E-state index in [4.69, 9.17) is 5.73 Å². The van der Waals surface area contributed by atoms with E-state index in [-0.39, 0.29) is 5.91 Å². The molecule has 1 saturated carbocycles. The van der Waals surface area contributed by atoms with Crippen LogP contribution < -0.4 is 5.73 Å². The molecule has 1 aliphatic heterocycles. The van der Waals surface area contributed by atoms with Gasteiger partial charge in [-0.25, -0.2) is 0 Å². The standard InChI is InChI=1S/C23H29N3O/c1-25(2)15-13-23(11-12-23)19-8-6-17(7-9-19)10-14-26-16-18-4-3-5-20(24)21(18)22(26)27/h3-9H,10-16,24H2,1-2H3. The summed E-state index contributed by atoms with van der Waals surface area (Å²) in [4.78, 5) is 16.8. The van der Waals surface area contributed by atoms with Gasteiger partial charge in [0.25, 0.3) is 5.91 Å². The van der Waals surface area contributed by atoms with Crippen molar-refractivity contribution in [3.8, 4) is 0 Å². The Balaban J connectivity index is 1.36. The van der Waals surface area contributed by atoms with E-state index < -0.39 is 0 Å². The molecule has 0 aromatic heterocycles. The van der Waals surface area contributed by atoms with E-state index in [0.29, 0.717) is 23.2 Å². The summed E-state index contributed by atoms with van der Waals surface area (Å²) in [5.74, 6) is 0.0698. The van der Waals surface area contributed by atoms with Crippen molar-refractivity contribution in [2.75, 3.05) is 32.9 Å². The quantitative estimate of drug-likeness (QED) is 0.767. The van der Waals surface area contributed by atoms with Crippen molar-refractivity contribution in [1.29, 1.82) is 0 Å². The van der Waals surface area contributed by atoms with E-state index in [1.165, 1.54) is 30.4 Å². The van der Waals surface area contributed by atoms with Crippen LogP contribution in [-0.2, 0) is 18.4 Å². The Morgan fingerprint density at radius 2 is 1.85 bits per heavy atom. The minimum Gasteiger partial charge on any atom is -0.398 e. The second-order valence-electron chi connectivity index (χ2n) is 8.39. The van der Waals surface area contributed by atoms with Gasteiger partial charge in [-0.2, -0.15) is 0 Å². The third-order valence-electron chi connectivity index (χ3n) is 6.17. The SMILES string of the molecule is CN(C)CCC1(c2ccc(CCN3Cc4cccc(N)c4C3=O)cc2)CC1. The highest BCUT2D eigenvalue weighted by atomic mass is 16.2. The van der Waals surface area contributed by atoms with Crippen molar-refractivity contribution >= 4 is 11.6 Å². The summed E-state index contributed by atoms with van der Waals surface area (Å²) in [7, 11) is 4.29. The molecule has 142 valence electrons. The number of carbonyl (C=O) groups excluding carboxylic acids is 1. The number of nitrogens with zero attached hydrogens (tertiary/aromatic N) is 2. The molecule has 0 radical (unpaired) electrons. The van der Waals surface area contributed by atoms with E-state index in [0.717, 1.165) is 25.1 Å². The molecule has 4 heteroatoms. The fraction of sp³-hybridized carbons (Fsp3) is 0.435. The first-order valence-electron chi connectivity index (χ1n) is 9.89. The largest absolute Gasteiger partial charge is 0.398 e. The first kappa shape index (κ1) is 18.1. The molecule has 4 nitrogen and oxygen atoms in total. The van der Waals surface area contributed by atoms with E-state index in [1.54, 1.807) is 0 Å². The Labute approximate surface area is 162 Å². The van der Waals surface area contributed by atoms with Gasteiger partial charge in [0.2, 0.25) is 0 Å². The van der Waals surface area contributed by atoms with Gasteiger partial charge in [-0.3, -0.25) is 4.79 Å². The lowest BCUT2D eigenvalue weighted by atomic mass is 9.91. The molecule has 1 aliphatic carbocycles. The molecule has 4 rings (SSSR count). The fourth-order valence-electron chi connectivity index (χ4n) is 4.19. The van der Waals surface area contributed by atoms with Crippen LogP contribution in [0, 0.1) is 0 Å². The molecular weight excluding hydrogens is 334 g/mol. The van der Waals surface area contributed by atoms with Crippen molar-refractivity contribution in [1.82, 2.24) is 9.80 Å². The minimum atomic E-state index is 0.0698. The molecule has 1 heterocycles. The molecule has 0 atom stereocenters. The van der Waals surface area contributed by atoms with Gasteiger partial charge >= 0.3 is 0 Å². The maximum atomic E-state index is 12.6. The van der Waals surface area contributed by atoms with E-state index in [1.807, 2.05) is 23.1 Å². The Kier molecular flexibility index (Phi) is 4.68. The third kappa shape index (κ3) is 3.59. The normalized spacial score (nSPS) is 17.4. The van der Waals surface area contributed by atoms with Crippen molar-refractivity contribution in [2.24, 2.45) is 0 Å².